The molecule has 0 radical (unpaired) electrons. The van der Waals surface area contributed by atoms with Gasteiger partial charge in [0.05, 0.1) is 12.7 Å². The lowest BCUT2D eigenvalue weighted by atomic mass is 9.85. The van der Waals surface area contributed by atoms with Crippen molar-refractivity contribution < 1.29 is 35.9 Å². The largest absolute Gasteiger partial charge is 0.471 e. The lowest BCUT2D eigenvalue weighted by Crippen LogP contribution is -2.48. The van der Waals surface area contributed by atoms with Crippen molar-refractivity contribution in [3.63, 3.8) is 0 Å². The van der Waals surface area contributed by atoms with Crippen LogP contribution in [0, 0.1) is 5.92 Å². The fourth-order valence-corrected chi connectivity index (χ4v) is 5.42. The highest BCUT2D eigenvalue weighted by Gasteiger charge is 2.50. The number of benzene rings is 1. The number of ether oxygens (including phenoxy) is 1. The highest BCUT2D eigenvalue weighted by molar-refractivity contribution is 7.89. The summed E-state index contributed by atoms with van der Waals surface area (Å²) in [4.78, 5) is 28.8. The monoisotopic (exact) mass is 541 g/mol. The van der Waals surface area contributed by atoms with Gasteiger partial charge in [0.25, 0.3) is 10.0 Å². The van der Waals surface area contributed by atoms with Crippen LogP contribution in [0.15, 0.2) is 47.5 Å². The molecule has 2 atom stereocenters. The molecule has 1 unspecified atom stereocenters. The number of aromatic nitrogens is 1. The van der Waals surface area contributed by atoms with E-state index < -0.39 is 33.6 Å². The molecule has 0 spiro atoms. The van der Waals surface area contributed by atoms with Gasteiger partial charge in [-0.3, -0.25) is 4.79 Å². The van der Waals surface area contributed by atoms with Crippen LogP contribution in [0.1, 0.15) is 60.6 Å². The zero-order valence-electron chi connectivity index (χ0n) is 20.8. The van der Waals surface area contributed by atoms with Gasteiger partial charge >= 0.3 is 18.1 Å². The van der Waals surface area contributed by atoms with E-state index in [2.05, 4.69) is 4.98 Å². The average molecular weight is 542 g/mol. The summed E-state index contributed by atoms with van der Waals surface area (Å²) in [6, 6.07) is 11.3. The number of carbonyl (C=O) groups is 2. The Morgan fingerprint density at radius 1 is 1.19 bits per heavy atom. The minimum atomic E-state index is -4.93. The number of primary sulfonamides is 1. The van der Waals surface area contributed by atoms with E-state index in [1.54, 1.807) is 50.2 Å². The van der Waals surface area contributed by atoms with Crippen LogP contribution < -0.4 is 5.14 Å². The number of nitrogens with two attached hydrogens (primary N) is 1. The van der Waals surface area contributed by atoms with Crippen molar-refractivity contribution in [1.82, 2.24) is 9.88 Å². The average Bonchev–Trinajstić information content (AvgIpc) is 3.13. The maximum absolute atomic E-state index is 13.1. The number of pyridine rings is 1. The Bertz CT molecular complexity index is 1250. The first-order chi connectivity index (χ1) is 17.1. The summed E-state index contributed by atoms with van der Waals surface area (Å²) in [5.41, 5.74) is 0.753. The smallest absolute Gasteiger partial charge is 0.465 e. The number of amides is 1. The third-order valence-electron chi connectivity index (χ3n) is 6.70. The van der Waals surface area contributed by atoms with E-state index >= 15 is 0 Å². The van der Waals surface area contributed by atoms with Crippen molar-refractivity contribution in [3.05, 3.63) is 59.3 Å². The molecule has 1 aromatic carbocycles. The molecule has 1 aliphatic rings. The minimum absolute atomic E-state index is 0.00149. The SMILES string of the molecule is COC(=O)c1ccc(C(CC[C@@H]2CN(C(=O)C(F)(F)F)C(C)(C)C2)Cc2cccc(S(N)(=O)=O)n2)cc1. The van der Waals surface area contributed by atoms with E-state index in [1.165, 1.54) is 13.2 Å². The number of likely N-dealkylation sites (tertiary alicyclic amines) is 1. The molecule has 1 aliphatic heterocycles. The van der Waals surface area contributed by atoms with Crippen LogP contribution in [-0.4, -0.2) is 55.5 Å². The Hall–Kier alpha value is -2.99. The molecule has 2 N–H and O–H groups in total. The normalized spacial score (nSPS) is 18.5. The summed E-state index contributed by atoms with van der Waals surface area (Å²) in [6.07, 6.45) is -3.11. The van der Waals surface area contributed by atoms with Crippen molar-refractivity contribution in [3.8, 4) is 0 Å². The molecule has 0 saturated carbocycles. The third-order valence-corrected chi connectivity index (χ3v) is 7.51. The first-order valence-corrected chi connectivity index (χ1v) is 13.2. The summed E-state index contributed by atoms with van der Waals surface area (Å²) >= 11 is 0. The Kier molecular flexibility index (Phi) is 8.33. The first kappa shape index (κ1) is 28.6. The maximum atomic E-state index is 13.1. The van der Waals surface area contributed by atoms with Crippen LogP contribution in [-0.2, 0) is 26.0 Å². The van der Waals surface area contributed by atoms with Gasteiger partial charge < -0.3 is 9.64 Å². The fraction of sp³-hybridized carbons (Fsp3) is 0.480. The van der Waals surface area contributed by atoms with Gasteiger partial charge in [-0.05, 0) is 81.2 Å². The zero-order chi connectivity index (χ0) is 27.6. The van der Waals surface area contributed by atoms with Gasteiger partial charge in [-0.15, -0.1) is 0 Å². The van der Waals surface area contributed by atoms with Gasteiger partial charge in [0.15, 0.2) is 5.03 Å². The molecule has 12 heteroatoms. The van der Waals surface area contributed by atoms with Crippen LogP contribution in [0.5, 0.6) is 0 Å². The fourth-order valence-electron chi connectivity index (χ4n) is 4.91. The van der Waals surface area contributed by atoms with Crippen molar-refractivity contribution in [2.24, 2.45) is 11.1 Å². The molecule has 37 heavy (non-hydrogen) atoms. The Balaban J connectivity index is 1.83. The summed E-state index contributed by atoms with van der Waals surface area (Å²) < 4.78 is 67.5. The minimum Gasteiger partial charge on any atom is -0.465 e. The Morgan fingerprint density at radius 3 is 2.41 bits per heavy atom. The van der Waals surface area contributed by atoms with E-state index in [9.17, 15) is 31.2 Å². The molecule has 1 amide bonds. The molecule has 1 aromatic heterocycles. The maximum Gasteiger partial charge on any atom is 0.471 e. The highest BCUT2D eigenvalue weighted by Crippen LogP contribution is 2.39. The molecule has 0 aliphatic carbocycles. The van der Waals surface area contributed by atoms with Crippen molar-refractivity contribution in [2.45, 2.75) is 62.2 Å². The predicted octanol–water partition coefficient (Wildman–Crippen LogP) is 3.81. The number of hydrogen-bond donors (Lipinski definition) is 1. The summed E-state index contributed by atoms with van der Waals surface area (Å²) in [5, 5.41) is 4.95. The second-order valence-electron chi connectivity index (χ2n) is 9.90. The van der Waals surface area contributed by atoms with Gasteiger partial charge in [-0.25, -0.2) is 23.3 Å². The van der Waals surface area contributed by atoms with Crippen LogP contribution in [0.2, 0.25) is 0 Å². The number of alkyl halides is 3. The topological polar surface area (TPSA) is 120 Å². The van der Waals surface area contributed by atoms with Crippen molar-refractivity contribution >= 4 is 21.9 Å². The second kappa shape index (κ2) is 10.8. The number of esters is 1. The number of methoxy groups -OCH3 is 1. The molecule has 0 bridgehead atoms. The third kappa shape index (κ3) is 7.07. The van der Waals surface area contributed by atoms with E-state index in [4.69, 9.17) is 9.88 Å². The lowest BCUT2D eigenvalue weighted by Gasteiger charge is -2.31. The predicted molar refractivity (Wildman–Crippen MR) is 129 cm³/mol. The van der Waals surface area contributed by atoms with Crippen LogP contribution >= 0.6 is 0 Å². The zero-order valence-corrected chi connectivity index (χ0v) is 21.6. The summed E-state index contributed by atoms with van der Waals surface area (Å²) in [7, 11) is -2.72. The second-order valence-corrected chi connectivity index (χ2v) is 11.4. The molecular formula is C25H30F3N3O5S. The first-order valence-electron chi connectivity index (χ1n) is 11.7. The van der Waals surface area contributed by atoms with E-state index in [0.29, 0.717) is 36.9 Å². The molecular weight excluding hydrogens is 511 g/mol. The lowest BCUT2D eigenvalue weighted by molar-refractivity contribution is -0.188. The van der Waals surface area contributed by atoms with Gasteiger partial charge in [0.2, 0.25) is 0 Å². The van der Waals surface area contributed by atoms with Crippen LogP contribution in [0.25, 0.3) is 0 Å². The number of nitrogens with zero attached hydrogens (tertiary/aromatic N) is 2. The Labute approximate surface area is 214 Å². The van der Waals surface area contributed by atoms with Gasteiger partial charge in [0, 0.05) is 17.8 Å². The van der Waals surface area contributed by atoms with E-state index in [-0.39, 0.29) is 23.4 Å². The molecule has 8 nitrogen and oxygen atoms in total. The summed E-state index contributed by atoms with van der Waals surface area (Å²) in [5.74, 6) is -2.67. The number of halogens is 3. The van der Waals surface area contributed by atoms with E-state index in [1.807, 2.05) is 0 Å². The molecule has 202 valence electrons. The van der Waals surface area contributed by atoms with Gasteiger partial charge in [-0.2, -0.15) is 13.2 Å². The van der Waals surface area contributed by atoms with Crippen molar-refractivity contribution in [2.75, 3.05) is 13.7 Å². The molecule has 2 aromatic rings. The molecule has 1 saturated heterocycles. The summed E-state index contributed by atoms with van der Waals surface area (Å²) in [6.45, 7) is 3.25. The Morgan fingerprint density at radius 2 is 1.84 bits per heavy atom. The van der Waals surface area contributed by atoms with Crippen LogP contribution in [0.4, 0.5) is 13.2 Å². The molecule has 2 heterocycles. The van der Waals surface area contributed by atoms with Gasteiger partial charge in [0.1, 0.15) is 0 Å². The van der Waals surface area contributed by atoms with Crippen LogP contribution in [0.3, 0.4) is 0 Å². The number of sulfonamides is 1. The highest BCUT2D eigenvalue weighted by atomic mass is 32.2. The van der Waals surface area contributed by atoms with E-state index in [0.717, 1.165) is 10.5 Å². The molecule has 3 rings (SSSR count). The number of rotatable bonds is 8. The number of hydrogen-bond acceptors (Lipinski definition) is 6. The molecule has 1 fully saturated rings. The quantitative estimate of drug-likeness (QED) is 0.508. The standard InChI is InChI=1S/C25H30F3N3O5S/c1-24(2)14-16(15-31(24)23(33)25(26,27)28)7-8-19(17-9-11-18(12-10-17)22(32)36-3)13-20-5-4-6-21(30-20)37(29,34)35/h4-6,9-12,16,19H,7-8,13-15H2,1-3H3,(H2,29,34,35)/t16-,19?/m0/s1. The van der Waals surface area contributed by atoms with Crippen molar-refractivity contribution in [1.29, 1.82) is 0 Å². The van der Waals surface area contributed by atoms with Gasteiger partial charge in [-0.1, -0.05) is 18.2 Å². The number of carbonyl (C=O) groups excluding carboxylic acids is 2.